The molecule has 1 heterocycles. The Balaban J connectivity index is 2.16. The van der Waals surface area contributed by atoms with Crippen molar-refractivity contribution in [1.82, 2.24) is 4.90 Å². The van der Waals surface area contributed by atoms with E-state index in [1.54, 1.807) is 25.0 Å². The van der Waals surface area contributed by atoms with Crippen LogP contribution in [0.3, 0.4) is 0 Å². The first-order valence-corrected chi connectivity index (χ1v) is 6.28. The van der Waals surface area contributed by atoms with Crippen molar-refractivity contribution in [2.45, 2.75) is 18.9 Å². The van der Waals surface area contributed by atoms with E-state index in [0.29, 0.717) is 24.3 Å². The van der Waals surface area contributed by atoms with Crippen LogP contribution in [0.25, 0.3) is 5.70 Å². The second-order valence-corrected chi connectivity index (χ2v) is 5.12. The predicted octanol–water partition coefficient (Wildman–Crippen LogP) is 1.90. The number of β-amino-alcohol motifs (C(OH)–C–C–N with tert-alkyl or cyclic N) is 1. The van der Waals surface area contributed by atoms with Gasteiger partial charge in [-0.15, -0.1) is 0 Å². The standard InChI is InChI=1S/C15H19NO3/c1-11-12-6-4-5-7-13(12)14(17)16(11)10-15(2,18)8-9-19-3/h4-7,18H,1,8-10H2,2-3H3. The highest BCUT2D eigenvalue weighted by atomic mass is 16.5. The highest BCUT2D eigenvalue weighted by Gasteiger charge is 2.35. The predicted molar refractivity (Wildman–Crippen MR) is 73.6 cm³/mol. The molecule has 1 amide bonds. The molecule has 2 rings (SSSR count). The number of hydrogen-bond donors (Lipinski definition) is 1. The average Bonchev–Trinajstić information content (AvgIpc) is 2.62. The Kier molecular flexibility index (Phi) is 3.73. The van der Waals surface area contributed by atoms with E-state index in [9.17, 15) is 9.90 Å². The molecule has 1 unspecified atom stereocenters. The summed E-state index contributed by atoms with van der Waals surface area (Å²) in [5, 5.41) is 10.3. The van der Waals surface area contributed by atoms with Crippen molar-refractivity contribution in [2.24, 2.45) is 0 Å². The summed E-state index contributed by atoms with van der Waals surface area (Å²) >= 11 is 0. The minimum Gasteiger partial charge on any atom is -0.388 e. The quantitative estimate of drug-likeness (QED) is 0.880. The Hall–Kier alpha value is -1.65. The van der Waals surface area contributed by atoms with Gasteiger partial charge in [0.1, 0.15) is 0 Å². The van der Waals surface area contributed by atoms with E-state index in [2.05, 4.69) is 6.58 Å². The number of ether oxygens (including phenoxy) is 1. The summed E-state index contributed by atoms with van der Waals surface area (Å²) in [5.41, 5.74) is 1.15. The highest BCUT2D eigenvalue weighted by molar-refractivity contribution is 6.08. The summed E-state index contributed by atoms with van der Waals surface area (Å²) in [6.45, 7) is 6.34. The molecule has 4 heteroatoms. The molecular weight excluding hydrogens is 242 g/mol. The first-order chi connectivity index (χ1) is 8.96. The average molecular weight is 261 g/mol. The molecule has 0 saturated heterocycles. The molecule has 1 aromatic carbocycles. The van der Waals surface area contributed by atoms with Gasteiger partial charge in [-0.1, -0.05) is 24.8 Å². The monoisotopic (exact) mass is 261 g/mol. The van der Waals surface area contributed by atoms with Crippen LogP contribution in [0.1, 0.15) is 29.3 Å². The van der Waals surface area contributed by atoms with E-state index in [4.69, 9.17) is 4.74 Å². The molecule has 1 aliphatic heterocycles. The van der Waals surface area contributed by atoms with Gasteiger partial charge >= 0.3 is 0 Å². The molecular formula is C15H19NO3. The van der Waals surface area contributed by atoms with Crippen LogP contribution in [-0.4, -0.2) is 41.8 Å². The van der Waals surface area contributed by atoms with Gasteiger partial charge in [-0.3, -0.25) is 4.79 Å². The fourth-order valence-electron chi connectivity index (χ4n) is 2.24. The molecule has 0 aliphatic carbocycles. The molecule has 1 atom stereocenters. The number of methoxy groups -OCH3 is 1. The van der Waals surface area contributed by atoms with Gasteiger partial charge in [0, 0.05) is 37.0 Å². The molecule has 102 valence electrons. The smallest absolute Gasteiger partial charge is 0.259 e. The normalized spacial score (nSPS) is 17.5. The molecule has 0 fully saturated rings. The van der Waals surface area contributed by atoms with Gasteiger partial charge in [0.2, 0.25) is 0 Å². The fraction of sp³-hybridized carbons (Fsp3) is 0.400. The number of fused-ring (bicyclic) bond motifs is 1. The van der Waals surface area contributed by atoms with E-state index in [1.807, 2.05) is 18.2 Å². The zero-order valence-electron chi connectivity index (χ0n) is 11.3. The number of amides is 1. The van der Waals surface area contributed by atoms with Crippen molar-refractivity contribution in [1.29, 1.82) is 0 Å². The summed E-state index contributed by atoms with van der Waals surface area (Å²) in [6.07, 6.45) is 0.469. The van der Waals surface area contributed by atoms with Crippen molar-refractivity contribution in [3.63, 3.8) is 0 Å². The number of nitrogens with zero attached hydrogens (tertiary/aromatic N) is 1. The van der Waals surface area contributed by atoms with Crippen LogP contribution in [0.4, 0.5) is 0 Å². The lowest BCUT2D eigenvalue weighted by Gasteiger charge is -2.29. The Labute approximate surface area is 113 Å². The maximum Gasteiger partial charge on any atom is 0.259 e. The van der Waals surface area contributed by atoms with Crippen LogP contribution in [0, 0.1) is 0 Å². The molecule has 1 N–H and O–H groups in total. The van der Waals surface area contributed by atoms with E-state index >= 15 is 0 Å². The molecule has 0 spiro atoms. The lowest BCUT2D eigenvalue weighted by Crippen LogP contribution is -2.41. The minimum absolute atomic E-state index is 0.0988. The van der Waals surface area contributed by atoms with Crippen LogP contribution >= 0.6 is 0 Å². The SMILES string of the molecule is C=C1c2ccccc2C(=O)N1CC(C)(O)CCOC. The van der Waals surface area contributed by atoms with Crippen LogP contribution in [0.2, 0.25) is 0 Å². The molecule has 0 aromatic heterocycles. The molecule has 1 aromatic rings. The second kappa shape index (κ2) is 5.15. The van der Waals surface area contributed by atoms with Crippen molar-refractivity contribution in [2.75, 3.05) is 20.3 Å². The molecule has 1 aliphatic rings. The van der Waals surface area contributed by atoms with E-state index < -0.39 is 5.60 Å². The van der Waals surface area contributed by atoms with Crippen LogP contribution in [0.5, 0.6) is 0 Å². The van der Waals surface area contributed by atoms with Gasteiger partial charge in [0.25, 0.3) is 5.91 Å². The Morgan fingerprint density at radius 2 is 2.00 bits per heavy atom. The summed E-state index contributed by atoms with van der Waals surface area (Å²) < 4.78 is 4.97. The lowest BCUT2D eigenvalue weighted by molar-refractivity contribution is 0.00744. The van der Waals surface area contributed by atoms with Crippen molar-refractivity contribution < 1.29 is 14.6 Å². The Bertz CT molecular complexity index is 473. The Morgan fingerprint density at radius 1 is 1.37 bits per heavy atom. The maximum absolute atomic E-state index is 12.3. The van der Waals surface area contributed by atoms with Gasteiger partial charge in [-0.25, -0.2) is 0 Å². The first-order valence-electron chi connectivity index (χ1n) is 6.28. The number of aliphatic hydroxyl groups is 1. The maximum atomic E-state index is 12.3. The summed E-state index contributed by atoms with van der Waals surface area (Å²) in [5.74, 6) is -0.0988. The molecule has 19 heavy (non-hydrogen) atoms. The van der Waals surface area contributed by atoms with Gasteiger partial charge < -0.3 is 14.7 Å². The van der Waals surface area contributed by atoms with Gasteiger partial charge in [0.05, 0.1) is 12.1 Å². The van der Waals surface area contributed by atoms with Crippen LogP contribution in [0.15, 0.2) is 30.8 Å². The summed E-state index contributed by atoms with van der Waals surface area (Å²) in [7, 11) is 1.59. The number of benzene rings is 1. The number of rotatable bonds is 5. The van der Waals surface area contributed by atoms with Crippen LogP contribution in [-0.2, 0) is 4.74 Å². The molecule has 0 saturated carbocycles. The van der Waals surface area contributed by atoms with Gasteiger partial charge in [-0.05, 0) is 13.0 Å². The minimum atomic E-state index is -0.989. The molecule has 4 nitrogen and oxygen atoms in total. The van der Waals surface area contributed by atoms with E-state index in [1.165, 1.54) is 0 Å². The third-order valence-electron chi connectivity index (χ3n) is 3.38. The third kappa shape index (κ3) is 2.69. The van der Waals surface area contributed by atoms with Crippen molar-refractivity contribution in [3.8, 4) is 0 Å². The number of carbonyl (C=O) groups excluding carboxylic acids is 1. The van der Waals surface area contributed by atoms with Crippen molar-refractivity contribution >= 4 is 11.6 Å². The summed E-state index contributed by atoms with van der Waals surface area (Å²) in [4.78, 5) is 13.8. The zero-order valence-corrected chi connectivity index (χ0v) is 11.3. The van der Waals surface area contributed by atoms with Crippen molar-refractivity contribution in [3.05, 3.63) is 42.0 Å². The Morgan fingerprint density at radius 3 is 2.58 bits per heavy atom. The third-order valence-corrected chi connectivity index (χ3v) is 3.38. The largest absolute Gasteiger partial charge is 0.388 e. The van der Waals surface area contributed by atoms with E-state index in [-0.39, 0.29) is 12.5 Å². The van der Waals surface area contributed by atoms with E-state index in [0.717, 1.165) is 5.56 Å². The van der Waals surface area contributed by atoms with Crippen LogP contribution < -0.4 is 0 Å². The fourth-order valence-corrected chi connectivity index (χ4v) is 2.24. The first kappa shape index (κ1) is 13.8. The number of carbonyl (C=O) groups is 1. The number of hydrogen-bond acceptors (Lipinski definition) is 3. The summed E-state index contributed by atoms with van der Waals surface area (Å²) in [6, 6.07) is 7.37. The van der Waals surface area contributed by atoms with Gasteiger partial charge in [-0.2, -0.15) is 0 Å². The lowest BCUT2D eigenvalue weighted by atomic mass is 10.0. The van der Waals surface area contributed by atoms with Gasteiger partial charge in [0.15, 0.2) is 0 Å². The highest BCUT2D eigenvalue weighted by Crippen LogP contribution is 2.32. The molecule has 0 radical (unpaired) electrons. The zero-order chi connectivity index (χ0) is 14.0. The molecule has 0 bridgehead atoms. The second-order valence-electron chi connectivity index (χ2n) is 5.12. The topological polar surface area (TPSA) is 49.8 Å².